The Morgan fingerprint density at radius 2 is 1.83 bits per heavy atom. The number of nitrogens with one attached hydrogen (secondary N) is 1. The van der Waals surface area contributed by atoms with Gasteiger partial charge in [-0.25, -0.2) is 17.9 Å². The van der Waals surface area contributed by atoms with E-state index >= 15 is 0 Å². The predicted octanol–water partition coefficient (Wildman–Crippen LogP) is 1.83. The largest absolute Gasteiger partial charge is 0.465 e. The summed E-state index contributed by atoms with van der Waals surface area (Å²) >= 11 is 0. The van der Waals surface area contributed by atoms with Crippen molar-refractivity contribution in [3.63, 3.8) is 0 Å². The van der Waals surface area contributed by atoms with E-state index in [4.69, 9.17) is 5.73 Å². The van der Waals surface area contributed by atoms with Crippen LogP contribution < -0.4 is 10.5 Å². The lowest BCUT2D eigenvalue weighted by Crippen LogP contribution is -2.49. The zero-order valence-electron chi connectivity index (χ0n) is 13.7. The first kappa shape index (κ1) is 21.9. The van der Waals surface area contributed by atoms with Crippen molar-refractivity contribution in [1.29, 1.82) is 0 Å². The molecule has 1 aromatic carbocycles. The van der Waals surface area contributed by atoms with Crippen LogP contribution in [0.25, 0.3) is 0 Å². The Labute approximate surface area is 144 Å². The van der Waals surface area contributed by atoms with Gasteiger partial charge >= 0.3 is 5.97 Å². The lowest BCUT2D eigenvalue weighted by atomic mass is 9.95. The molecule has 0 heterocycles. The van der Waals surface area contributed by atoms with Crippen LogP contribution in [0.5, 0.6) is 0 Å². The van der Waals surface area contributed by atoms with Crippen LogP contribution in [0.4, 0.5) is 0 Å². The molecule has 0 radical (unpaired) electrons. The Hall–Kier alpha value is -1.15. The van der Waals surface area contributed by atoms with Crippen molar-refractivity contribution in [2.75, 3.05) is 13.7 Å². The molecule has 0 atom stereocenters. The third-order valence-corrected chi connectivity index (χ3v) is 5.10. The van der Waals surface area contributed by atoms with Crippen LogP contribution in [0.3, 0.4) is 0 Å². The van der Waals surface area contributed by atoms with Crippen molar-refractivity contribution in [1.82, 2.24) is 4.72 Å². The topological polar surface area (TPSA) is 98.5 Å². The molecule has 6 nitrogen and oxygen atoms in total. The Bertz CT molecular complexity index is 616. The molecule has 0 bridgehead atoms. The van der Waals surface area contributed by atoms with Gasteiger partial charge < -0.3 is 10.5 Å². The second-order valence-electron chi connectivity index (χ2n) is 5.30. The first-order valence-corrected chi connectivity index (χ1v) is 8.84. The van der Waals surface area contributed by atoms with Crippen LogP contribution in [-0.2, 0) is 20.5 Å². The molecule has 8 heteroatoms. The summed E-state index contributed by atoms with van der Waals surface area (Å²) in [6, 6.07) is 6.49. The quantitative estimate of drug-likeness (QED) is 0.685. The van der Waals surface area contributed by atoms with Gasteiger partial charge in [-0.2, -0.15) is 0 Å². The number of sulfonamides is 1. The number of carbonyl (C=O) groups excluding carboxylic acids is 1. The Kier molecular flexibility index (Phi) is 8.76. The van der Waals surface area contributed by atoms with Crippen LogP contribution in [-0.4, -0.2) is 33.6 Å². The number of methoxy groups -OCH3 is 1. The van der Waals surface area contributed by atoms with Gasteiger partial charge in [0.25, 0.3) is 0 Å². The van der Waals surface area contributed by atoms with Crippen LogP contribution in [0.2, 0.25) is 0 Å². The van der Waals surface area contributed by atoms with Gasteiger partial charge in [0, 0.05) is 12.1 Å². The van der Waals surface area contributed by atoms with E-state index in [-0.39, 0.29) is 30.3 Å². The zero-order chi connectivity index (χ0) is 16.8. The lowest BCUT2D eigenvalue weighted by Gasteiger charge is -2.26. The molecule has 23 heavy (non-hydrogen) atoms. The number of hydrogen-bond donors (Lipinski definition) is 2. The first-order valence-electron chi connectivity index (χ1n) is 7.19. The Balaban J connectivity index is 0.00000484. The molecular weight excluding hydrogens is 340 g/mol. The van der Waals surface area contributed by atoms with Gasteiger partial charge in [0.15, 0.2) is 0 Å². The summed E-state index contributed by atoms with van der Waals surface area (Å²) in [4.78, 5) is 11.7. The average molecular weight is 365 g/mol. The summed E-state index contributed by atoms with van der Waals surface area (Å²) in [7, 11) is -2.33. The fourth-order valence-electron chi connectivity index (χ4n) is 1.96. The van der Waals surface area contributed by atoms with Crippen molar-refractivity contribution in [3.8, 4) is 0 Å². The van der Waals surface area contributed by atoms with Gasteiger partial charge in [-0.1, -0.05) is 32.0 Å². The van der Waals surface area contributed by atoms with Crippen LogP contribution in [0, 0.1) is 0 Å². The maximum absolute atomic E-state index is 12.2. The molecule has 0 amide bonds. The summed E-state index contributed by atoms with van der Waals surface area (Å²) in [5.41, 5.74) is 6.19. The fraction of sp³-hybridized carbons (Fsp3) is 0.533. The van der Waals surface area contributed by atoms with Gasteiger partial charge in [0.1, 0.15) is 0 Å². The van der Waals surface area contributed by atoms with Gasteiger partial charge in [0.2, 0.25) is 10.0 Å². The van der Waals surface area contributed by atoms with Crippen molar-refractivity contribution in [3.05, 3.63) is 35.4 Å². The summed E-state index contributed by atoms with van der Waals surface area (Å²) in [5, 5.41) is 0. The van der Waals surface area contributed by atoms with Crippen LogP contribution in [0.15, 0.2) is 24.3 Å². The number of carbonyl (C=O) groups is 1. The third kappa shape index (κ3) is 6.47. The second-order valence-corrected chi connectivity index (χ2v) is 7.11. The van der Waals surface area contributed by atoms with E-state index in [1.54, 1.807) is 24.3 Å². The molecule has 132 valence electrons. The van der Waals surface area contributed by atoms with E-state index in [0.29, 0.717) is 18.4 Å². The SMILES string of the molecule is CCC(N)(CC)CNS(=O)(=O)Cc1ccccc1C(=O)OC.Cl. The molecule has 0 fully saturated rings. The molecule has 0 aliphatic carbocycles. The number of ether oxygens (including phenoxy) is 1. The molecule has 0 aliphatic rings. The van der Waals surface area contributed by atoms with Crippen molar-refractivity contribution < 1.29 is 17.9 Å². The highest BCUT2D eigenvalue weighted by atomic mass is 35.5. The van der Waals surface area contributed by atoms with Crippen molar-refractivity contribution in [2.24, 2.45) is 5.73 Å². The highest BCUT2D eigenvalue weighted by Crippen LogP contribution is 2.15. The zero-order valence-corrected chi connectivity index (χ0v) is 15.3. The Morgan fingerprint density at radius 1 is 1.26 bits per heavy atom. The molecule has 0 saturated heterocycles. The first-order chi connectivity index (χ1) is 10.3. The van der Waals surface area contributed by atoms with E-state index < -0.39 is 21.5 Å². The molecule has 0 spiro atoms. The minimum atomic E-state index is -3.59. The van der Waals surface area contributed by atoms with Crippen molar-refractivity contribution in [2.45, 2.75) is 38.0 Å². The minimum Gasteiger partial charge on any atom is -0.465 e. The summed E-state index contributed by atoms with van der Waals surface area (Å²) < 4.78 is 31.6. The number of hydrogen-bond acceptors (Lipinski definition) is 5. The molecule has 0 unspecified atom stereocenters. The average Bonchev–Trinajstić information content (AvgIpc) is 2.52. The van der Waals surface area contributed by atoms with E-state index in [2.05, 4.69) is 9.46 Å². The predicted molar refractivity (Wildman–Crippen MR) is 93.2 cm³/mol. The maximum Gasteiger partial charge on any atom is 0.338 e. The van der Waals surface area contributed by atoms with E-state index in [9.17, 15) is 13.2 Å². The fourth-order valence-corrected chi connectivity index (χ4v) is 3.24. The van der Waals surface area contributed by atoms with Gasteiger partial charge in [-0.05, 0) is 24.5 Å². The van der Waals surface area contributed by atoms with E-state index in [1.165, 1.54) is 7.11 Å². The van der Waals surface area contributed by atoms with Gasteiger partial charge in [0.05, 0.1) is 18.4 Å². The molecule has 1 aromatic rings. The van der Waals surface area contributed by atoms with E-state index in [0.717, 1.165) is 0 Å². The highest BCUT2D eigenvalue weighted by molar-refractivity contribution is 7.88. The summed E-state index contributed by atoms with van der Waals surface area (Å²) in [5.74, 6) is -0.844. The molecule has 1 rings (SSSR count). The number of halogens is 1. The van der Waals surface area contributed by atoms with Crippen molar-refractivity contribution >= 4 is 28.4 Å². The number of nitrogens with two attached hydrogens (primary N) is 1. The summed E-state index contributed by atoms with van der Waals surface area (Å²) in [6.45, 7) is 4.01. The van der Waals surface area contributed by atoms with E-state index in [1.807, 2.05) is 13.8 Å². The van der Waals surface area contributed by atoms with Crippen LogP contribution in [0.1, 0.15) is 42.6 Å². The number of benzene rings is 1. The molecule has 0 saturated carbocycles. The maximum atomic E-state index is 12.2. The third-order valence-electron chi connectivity index (χ3n) is 3.82. The van der Waals surface area contributed by atoms with Gasteiger partial charge in [-0.15, -0.1) is 12.4 Å². The normalized spacial score (nSPS) is 11.7. The highest BCUT2D eigenvalue weighted by Gasteiger charge is 2.24. The molecule has 0 aromatic heterocycles. The minimum absolute atomic E-state index is 0. The second kappa shape index (κ2) is 9.22. The molecule has 3 N–H and O–H groups in total. The summed E-state index contributed by atoms with van der Waals surface area (Å²) in [6.07, 6.45) is 1.34. The van der Waals surface area contributed by atoms with Crippen LogP contribution >= 0.6 is 12.4 Å². The smallest absolute Gasteiger partial charge is 0.338 e. The Morgan fingerprint density at radius 3 is 2.35 bits per heavy atom. The molecular formula is C15H25ClN2O4S. The molecule has 0 aliphatic heterocycles. The number of rotatable bonds is 8. The monoisotopic (exact) mass is 364 g/mol. The van der Waals surface area contributed by atoms with Gasteiger partial charge in [-0.3, -0.25) is 0 Å². The number of esters is 1. The lowest BCUT2D eigenvalue weighted by molar-refractivity contribution is 0.0600. The standard InChI is InChI=1S/C15H24N2O4S.ClH/c1-4-15(16,5-2)11-17-22(19,20)10-12-8-6-7-9-13(12)14(18)21-3;/h6-9,17H,4-5,10-11,16H2,1-3H3;1H.